The lowest BCUT2D eigenvalue weighted by molar-refractivity contribution is 0.0660. The van der Waals surface area contributed by atoms with Gasteiger partial charge >= 0.3 is 5.97 Å². The van der Waals surface area contributed by atoms with E-state index in [-0.39, 0.29) is 5.76 Å². The fourth-order valence-corrected chi connectivity index (χ4v) is 1.38. The van der Waals surface area contributed by atoms with Crippen molar-refractivity contribution in [1.82, 2.24) is 5.32 Å². The van der Waals surface area contributed by atoms with Crippen molar-refractivity contribution in [3.63, 3.8) is 0 Å². The van der Waals surface area contributed by atoms with Crippen molar-refractivity contribution in [2.75, 3.05) is 19.8 Å². The number of carboxylic acid groups (broad SMARTS) is 1. The van der Waals surface area contributed by atoms with E-state index in [1.807, 2.05) is 0 Å². The van der Waals surface area contributed by atoms with Crippen LogP contribution in [0.1, 0.15) is 35.9 Å². The lowest BCUT2D eigenvalue weighted by Crippen LogP contribution is -2.20. The van der Waals surface area contributed by atoms with E-state index >= 15 is 0 Å². The van der Waals surface area contributed by atoms with E-state index in [1.165, 1.54) is 6.26 Å². The second-order valence-electron chi connectivity index (χ2n) is 3.72. The molecule has 0 aliphatic carbocycles. The van der Waals surface area contributed by atoms with Gasteiger partial charge in [0.25, 0.3) is 0 Å². The molecule has 0 aromatic carbocycles. The summed E-state index contributed by atoms with van der Waals surface area (Å²) in [6, 6.07) is 1.66. The Hall–Kier alpha value is -1.33. The third kappa shape index (κ3) is 5.01. The van der Waals surface area contributed by atoms with Crippen molar-refractivity contribution in [3.8, 4) is 0 Å². The predicted octanol–water partition coefficient (Wildman–Crippen LogP) is 1.88. The summed E-state index contributed by atoms with van der Waals surface area (Å²) in [6.07, 6.45) is 3.59. The summed E-state index contributed by atoms with van der Waals surface area (Å²) < 4.78 is 10.2. The largest absolute Gasteiger partial charge is 0.475 e. The summed E-state index contributed by atoms with van der Waals surface area (Å²) >= 11 is 0. The van der Waals surface area contributed by atoms with Crippen LogP contribution >= 0.6 is 0 Å². The molecule has 0 spiro atoms. The van der Waals surface area contributed by atoms with E-state index in [0.29, 0.717) is 25.3 Å². The number of carbonyl (C=O) groups is 1. The molecule has 0 aliphatic rings. The smallest absolute Gasteiger partial charge is 0.372 e. The molecule has 1 aromatic rings. The SMILES string of the molecule is CCCCOCCNCc1ccoc1C(=O)O. The monoisotopic (exact) mass is 241 g/mol. The molecule has 5 heteroatoms. The second-order valence-corrected chi connectivity index (χ2v) is 3.72. The van der Waals surface area contributed by atoms with Gasteiger partial charge in [-0.25, -0.2) is 4.79 Å². The summed E-state index contributed by atoms with van der Waals surface area (Å²) in [6.45, 7) is 4.72. The van der Waals surface area contributed by atoms with Gasteiger partial charge in [0.1, 0.15) is 0 Å². The van der Waals surface area contributed by atoms with Crippen molar-refractivity contribution in [3.05, 3.63) is 23.7 Å². The number of rotatable bonds is 9. The molecule has 0 fully saturated rings. The van der Waals surface area contributed by atoms with Crippen LogP contribution in [0.15, 0.2) is 16.7 Å². The molecule has 0 atom stereocenters. The van der Waals surface area contributed by atoms with Gasteiger partial charge in [-0.1, -0.05) is 13.3 Å². The molecule has 17 heavy (non-hydrogen) atoms. The van der Waals surface area contributed by atoms with Gasteiger partial charge in [-0.2, -0.15) is 0 Å². The molecule has 0 saturated heterocycles. The Balaban J connectivity index is 2.14. The zero-order chi connectivity index (χ0) is 12.5. The standard InChI is InChI=1S/C12H19NO4/c1-2-3-6-16-8-5-13-9-10-4-7-17-11(10)12(14)15/h4,7,13H,2-3,5-6,8-9H2,1H3,(H,14,15). The maximum Gasteiger partial charge on any atom is 0.372 e. The van der Waals surface area contributed by atoms with Gasteiger partial charge in [0.05, 0.1) is 12.9 Å². The molecular weight excluding hydrogens is 222 g/mol. The minimum atomic E-state index is -1.04. The predicted molar refractivity (Wildman–Crippen MR) is 63.1 cm³/mol. The van der Waals surface area contributed by atoms with Crippen molar-refractivity contribution in [2.45, 2.75) is 26.3 Å². The number of ether oxygens (including phenoxy) is 1. The van der Waals surface area contributed by atoms with Crippen LogP contribution in [0.3, 0.4) is 0 Å². The van der Waals surface area contributed by atoms with E-state index in [0.717, 1.165) is 19.4 Å². The Morgan fingerprint density at radius 1 is 1.53 bits per heavy atom. The molecule has 5 nitrogen and oxygen atoms in total. The summed E-state index contributed by atoms with van der Waals surface area (Å²) in [5.41, 5.74) is 0.658. The lowest BCUT2D eigenvalue weighted by atomic mass is 10.2. The van der Waals surface area contributed by atoms with Crippen molar-refractivity contribution < 1.29 is 19.1 Å². The minimum absolute atomic E-state index is 0.00408. The number of hydrogen-bond donors (Lipinski definition) is 2. The molecule has 96 valence electrons. The second kappa shape index (κ2) is 7.86. The highest BCUT2D eigenvalue weighted by Gasteiger charge is 2.12. The number of furan rings is 1. The van der Waals surface area contributed by atoms with Gasteiger partial charge in [-0.05, 0) is 12.5 Å². The van der Waals surface area contributed by atoms with Crippen molar-refractivity contribution in [2.24, 2.45) is 0 Å². The molecular formula is C12H19NO4. The Morgan fingerprint density at radius 2 is 2.35 bits per heavy atom. The van der Waals surface area contributed by atoms with E-state index in [4.69, 9.17) is 14.3 Å². The molecule has 0 bridgehead atoms. The molecule has 0 saturated carbocycles. The van der Waals surface area contributed by atoms with Crippen LogP contribution in [0.25, 0.3) is 0 Å². The van der Waals surface area contributed by atoms with Gasteiger partial charge in [0, 0.05) is 25.3 Å². The average molecular weight is 241 g/mol. The van der Waals surface area contributed by atoms with Gasteiger partial charge < -0.3 is 19.6 Å². The average Bonchev–Trinajstić information content (AvgIpc) is 2.76. The number of nitrogens with one attached hydrogen (secondary N) is 1. The Labute approximate surface area is 101 Å². The number of unbranched alkanes of at least 4 members (excludes halogenated alkanes) is 1. The fourth-order valence-electron chi connectivity index (χ4n) is 1.38. The van der Waals surface area contributed by atoms with Gasteiger partial charge in [-0.15, -0.1) is 0 Å². The highest BCUT2D eigenvalue weighted by molar-refractivity contribution is 5.86. The summed E-state index contributed by atoms with van der Waals surface area (Å²) in [4.78, 5) is 10.7. The molecule has 1 aromatic heterocycles. The highest BCUT2D eigenvalue weighted by Crippen LogP contribution is 2.09. The molecule has 2 N–H and O–H groups in total. The van der Waals surface area contributed by atoms with Crippen LogP contribution in [0.5, 0.6) is 0 Å². The van der Waals surface area contributed by atoms with Crippen LogP contribution in [-0.2, 0) is 11.3 Å². The van der Waals surface area contributed by atoms with Crippen LogP contribution in [0.2, 0.25) is 0 Å². The zero-order valence-corrected chi connectivity index (χ0v) is 10.1. The fraction of sp³-hybridized carbons (Fsp3) is 0.583. The molecule has 0 aliphatic heterocycles. The molecule has 0 amide bonds. The topological polar surface area (TPSA) is 71.7 Å². The van der Waals surface area contributed by atoms with E-state index < -0.39 is 5.97 Å². The van der Waals surface area contributed by atoms with Crippen LogP contribution in [-0.4, -0.2) is 30.8 Å². The van der Waals surface area contributed by atoms with E-state index in [9.17, 15) is 4.79 Å². The quantitative estimate of drug-likeness (QED) is 0.646. The minimum Gasteiger partial charge on any atom is -0.475 e. The third-order valence-electron chi connectivity index (χ3n) is 2.32. The Morgan fingerprint density at radius 3 is 3.06 bits per heavy atom. The maximum absolute atomic E-state index is 10.7. The van der Waals surface area contributed by atoms with Crippen LogP contribution in [0, 0.1) is 0 Å². The first-order valence-corrected chi connectivity index (χ1v) is 5.83. The first kappa shape index (κ1) is 13.7. The normalized spacial score (nSPS) is 10.6. The summed E-state index contributed by atoms with van der Waals surface area (Å²) in [7, 11) is 0. The zero-order valence-electron chi connectivity index (χ0n) is 10.1. The Kier molecular flexibility index (Phi) is 6.35. The van der Waals surface area contributed by atoms with Crippen molar-refractivity contribution >= 4 is 5.97 Å². The first-order chi connectivity index (χ1) is 8.25. The summed E-state index contributed by atoms with van der Waals surface area (Å²) in [5, 5.41) is 11.9. The maximum atomic E-state index is 10.7. The molecule has 0 radical (unpaired) electrons. The van der Waals surface area contributed by atoms with E-state index in [1.54, 1.807) is 6.07 Å². The molecule has 1 heterocycles. The van der Waals surface area contributed by atoms with Crippen LogP contribution in [0.4, 0.5) is 0 Å². The number of hydrogen-bond acceptors (Lipinski definition) is 4. The number of aromatic carboxylic acids is 1. The van der Waals surface area contributed by atoms with Gasteiger partial charge in [0.2, 0.25) is 5.76 Å². The van der Waals surface area contributed by atoms with Gasteiger partial charge in [0.15, 0.2) is 0 Å². The van der Waals surface area contributed by atoms with E-state index in [2.05, 4.69) is 12.2 Å². The molecule has 1 rings (SSSR count). The highest BCUT2D eigenvalue weighted by atomic mass is 16.5. The molecule has 0 unspecified atom stereocenters. The Bertz CT molecular complexity index is 335. The van der Waals surface area contributed by atoms with Crippen molar-refractivity contribution in [1.29, 1.82) is 0 Å². The number of carboxylic acids is 1. The lowest BCUT2D eigenvalue weighted by Gasteiger charge is -2.05. The third-order valence-corrected chi connectivity index (χ3v) is 2.32. The van der Waals surface area contributed by atoms with Crippen LogP contribution < -0.4 is 5.32 Å². The van der Waals surface area contributed by atoms with Gasteiger partial charge in [-0.3, -0.25) is 0 Å². The first-order valence-electron chi connectivity index (χ1n) is 5.83. The summed E-state index contributed by atoms with van der Waals surface area (Å²) in [5.74, 6) is -1.03.